The van der Waals surface area contributed by atoms with Crippen molar-refractivity contribution in [2.24, 2.45) is 0 Å². The van der Waals surface area contributed by atoms with Gasteiger partial charge in [-0.15, -0.1) is 10.2 Å². The fourth-order valence-electron chi connectivity index (χ4n) is 3.66. The van der Waals surface area contributed by atoms with Crippen LogP contribution in [0, 0.1) is 5.82 Å². The molecule has 0 saturated heterocycles. The number of nitrogens with one attached hydrogen (secondary N) is 2. The lowest BCUT2D eigenvalue weighted by molar-refractivity contribution is 0.252. The standard InChI is InChI=1S/C24H22FN7O/c1-32(2)10-11-33-21-7-6-15(12-20(21)25)29-24-17-8-9-26-13-19(17)16-4-3-5-18(22(16)30-24)23-27-14-28-31-23/h3-9,12-14H,10-11H2,1-2H3,(H,29,30)(H,27,28,31). The molecule has 0 aliphatic heterocycles. The number of halogens is 1. The van der Waals surface area contributed by atoms with Crippen LogP contribution >= 0.6 is 0 Å². The fourth-order valence-corrected chi connectivity index (χ4v) is 3.66. The van der Waals surface area contributed by atoms with Gasteiger partial charge in [-0.3, -0.25) is 4.98 Å². The molecule has 0 aliphatic rings. The lowest BCUT2D eigenvalue weighted by atomic mass is 10.0. The molecule has 33 heavy (non-hydrogen) atoms. The van der Waals surface area contributed by atoms with Crippen LogP contribution in [0.2, 0.25) is 0 Å². The summed E-state index contributed by atoms with van der Waals surface area (Å²) in [5, 5.41) is 14.0. The van der Waals surface area contributed by atoms with Crippen LogP contribution in [0.1, 0.15) is 0 Å². The van der Waals surface area contributed by atoms with Gasteiger partial charge in [0.2, 0.25) is 0 Å². The Labute approximate surface area is 189 Å². The number of para-hydroxylation sites is 1. The molecule has 0 amide bonds. The summed E-state index contributed by atoms with van der Waals surface area (Å²) in [6.07, 6.45) is 5.04. The predicted molar refractivity (Wildman–Crippen MR) is 126 cm³/mol. The van der Waals surface area contributed by atoms with E-state index in [1.165, 1.54) is 12.4 Å². The van der Waals surface area contributed by atoms with Crippen LogP contribution in [0.4, 0.5) is 15.9 Å². The Balaban J connectivity index is 1.55. The summed E-state index contributed by atoms with van der Waals surface area (Å²) < 4.78 is 20.2. The molecule has 0 aliphatic carbocycles. The van der Waals surface area contributed by atoms with E-state index in [-0.39, 0.29) is 5.75 Å². The van der Waals surface area contributed by atoms with E-state index in [0.29, 0.717) is 30.5 Å². The number of aromatic nitrogens is 5. The maximum atomic E-state index is 14.7. The number of likely N-dealkylation sites (N-methyl/N-ethyl adjacent to an activating group) is 1. The van der Waals surface area contributed by atoms with Gasteiger partial charge in [-0.25, -0.2) is 9.37 Å². The second kappa shape index (κ2) is 8.79. The zero-order valence-electron chi connectivity index (χ0n) is 18.2. The van der Waals surface area contributed by atoms with Crippen LogP contribution in [0.15, 0.2) is 61.2 Å². The molecule has 0 saturated carbocycles. The molecule has 166 valence electrons. The number of anilines is 2. The molecule has 0 spiro atoms. The van der Waals surface area contributed by atoms with Crippen LogP contribution in [0.3, 0.4) is 0 Å². The second-order valence-electron chi connectivity index (χ2n) is 7.84. The number of benzene rings is 2. The maximum absolute atomic E-state index is 14.7. The molecule has 8 nitrogen and oxygen atoms in total. The van der Waals surface area contributed by atoms with Crippen molar-refractivity contribution in [2.75, 3.05) is 32.6 Å². The lowest BCUT2D eigenvalue weighted by Crippen LogP contribution is -2.19. The molecular weight excluding hydrogens is 421 g/mol. The average Bonchev–Trinajstić information content (AvgIpc) is 3.35. The van der Waals surface area contributed by atoms with Gasteiger partial charge >= 0.3 is 0 Å². The van der Waals surface area contributed by atoms with E-state index in [4.69, 9.17) is 9.72 Å². The molecule has 0 atom stereocenters. The normalized spacial score (nSPS) is 11.4. The van der Waals surface area contributed by atoms with Crippen molar-refractivity contribution < 1.29 is 9.13 Å². The summed E-state index contributed by atoms with van der Waals surface area (Å²) in [6.45, 7) is 1.11. The monoisotopic (exact) mass is 443 g/mol. The van der Waals surface area contributed by atoms with Gasteiger partial charge in [0.05, 0.1) is 5.52 Å². The third-order valence-corrected chi connectivity index (χ3v) is 5.29. The molecule has 0 radical (unpaired) electrons. The number of pyridine rings is 2. The van der Waals surface area contributed by atoms with Gasteiger partial charge in [0.15, 0.2) is 17.4 Å². The number of rotatable bonds is 7. The van der Waals surface area contributed by atoms with Gasteiger partial charge in [0.25, 0.3) is 0 Å². The van der Waals surface area contributed by atoms with Crippen LogP contribution < -0.4 is 10.1 Å². The Kier molecular flexibility index (Phi) is 5.54. The zero-order chi connectivity index (χ0) is 22.8. The Morgan fingerprint density at radius 3 is 2.79 bits per heavy atom. The van der Waals surface area contributed by atoms with E-state index in [2.05, 4.69) is 25.5 Å². The number of fused-ring (bicyclic) bond motifs is 3. The van der Waals surface area contributed by atoms with Crippen molar-refractivity contribution in [1.82, 2.24) is 30.0 Å². The molecule has 3 aromatic heterocycles. The number of hydrogen-bond donors (Lipinski definition) is 2. The fraction of sp³-hybridized carbons (Fsp3) is 0.167. The van der Waals surface area contributed by atoms with Crippen molar-refractivity contribution in [1.29, 1.82) is 0 Å². The van der Waals surface area contributed by atoms with Crippen molar-refractivity contribution >= 4 is 33.2 Å². The number of H-pyrrole nitrogens is 1. The molecule has 3 heterocycles. The van der Waals surface area contributed by atoms with E-state index in [0.717, 1.165) is 27.2 Å². The molecule has 2 N–H and O–H groups in total. The minimum Gasteiger partial charge on any atom is -0.489 e. The first-order valence-corrected chi connectivity index (χ1v) is 10.5. The third-order valence-electron chi connectivity index (χ3n) is 5.29. The smallest absolute Gasteiger partial charge is 0.167 e. The molecule has 2 aromatic carbocycles. The predicted octanol–water partition coefficient (Wildman–Crippen LogP) is 4.39. The molecule has 0 fully saturated rings. The Hall–Kier alpha value is -4.11. The van der Waals surface area contributed by atoms with E-state index in [1.54, 1.807) is 24.5 Å². The molecular formula is C24H22FN7O. The number of hydrogen-bond acceptors (Lipinski definition) is 7. The Bertz CT molecular complexity index is 1420. The van der Waals surface area contributed by atoms with Crippen molar-refractivity contribution in [3.63, 3.8) is 0 Å². The first kappa shape index (κ1) is 20.8. The topological polar surface area (TPSA) is 91.9 Å². The quantitative estimate of drug-likeness (QED) is 0.361. The van der Waals surface area contributed by atoms with Crippen LogP contribution in [-0.2, 0) is 0 Å². The van der Waals surface area contributed by atoms with E-state index < -0.39 is 5.82 Å². The lowest BCUT2D eigenvalue weighted by Gasteiger charge is -2.14. The summed E-state index contributed by atoms with van der Waals surface area (Å²) in [6, 6.07) is 12.6. The van der Waals surface area contributed by atoms with Gasteiger partial charge in [-0.1, -0.05) is 12.1 Å². The highest BCUT2D eigenvalue weighted by Gasteiger charge is 2.15. The summed E-state index contributed by atoms with van der Waals surface area (Å²) in [7, 11) is 3.88. The van der Waals surface area contributed by atoms with Gasteiger partial charge in [-0.2, -0.15) is 0 Å². The van der Waals surface area contributed by atoms with Gasteiger partial charge < -0.3 is 19.9 Å². The Morgan fingerprint density at radius 2 is 2.00 bits per heavy atom. The molecule has 0 unspecified atom stereocenters. The highest BCUT2D eigenvalue weighted by molar-refractivity contribution is 6.13. The summed E-state index contributed by atoms with van der Waals surface area (Å²) in [4.78, 5) is 14.2. The van der Waals surface area contributed by atoms with E-state index in [1.807, 2.05) is 43.3 Å². The first-order chi connectivity index (χ1) is 16.1. The van der Waals surface area contributed by atoms with E-state index in [9.17, 15) is 4.39 Å². The Morgan fingerprint density at radius 1 is 1.09 bits per heavy atom. The highest BCUT2D eigenvalue weighted by atomic mass is 19.1. The van der Waals surface area contributed by atoms with Gasteiger partial charge in [-0.05, 0) is 38.4 Å². The summed E-state index contributed by atoms with van der Waals surface area (Å²) in [5.74, 6) is 0.989. The molecule has 0 bridgehead atoms. The minimum atomic E-state index is -0.437. The first-order valence-electron chi connectivity index (χ1n) is 10.5. The maximum Gasteiger partial charge on any atom is 0.167 e. The van der Waals surface area contributed by atoms with Gasteiger partial charge in [0.1, 0.15) is 18.8 Å². The summed E-state index contributed by atoms with van der Waals surface area (Å²) >= 11 is 0. The van der Waals surface area contributed by atoms with Crippen molar-refractivity contribution in [3.8, 4) is 17.1 Å². The van der Waals surface area contributed by atoms with E-state index >= 15 is 0 Å². The molecule has 5 aromatic rings. The molecule has 5 rings (SSSR count). The third kappa shape index (κ3) is 4.18. The SMILES string of the molecule is CN(C)CCOc1ccc(Nc2nc3c(-c4nnc[nH]4)cccc3c3cnccc23)cc1F. The number of aromatic amines is 1. The van der Waals surface area contributed by atoms with Gasteiger partial charge in [0, 0.05) is 52.4 Å². The van der Waals surface area contributed by atoms with Crippen LogP contribution in [-0.4, -0.2) is 57.3 Å². The van der Waals surface area contributed by atoms with Crippen LogP contribution in [0.5, 0.6) is 5.75 Å². The largest absolute Gasteiger partial charge is 0.489 e. The summed E-state index contributed by atoms with van der Waals surface area (Å²) in [5.41, 5.74) is 2.12. The van der Waals surface area contributed by atoms with Crippen molar-refractivity contribution in [3.05, 3.63) is 67.0 Å². The van der Waals surface area contributed by atoms with Crippen molar-refractivity contribution in [2.45, 2.75) is 0 Å². The zero-order valence-corrected chi connectivity index (χ0v) is 18.2. The minimum absolute atomic E-state index is 0.218. The van der Waals surface area contributed by atoms with Crippen LogP contribution in [0.25, 0.3) is 33.1 Å². The number of nitrogens with zero attached hydrogens (tertiary/aromatic N) is 5. The second-order valence-corrected chi connectivity index (χ2v) is 7.84. The highest BCUT2D eigenvalue weighted by Crippen LogP contribution is 2.34. The average molecular weight is 443 g/mol. The molecule has 9 heteroatoms. The number of ether oxygens (including phenoxy) is 1.